The van der Waals surface area contributed by atoms with Gasteiger partial charge in [-0.15, -0.1) is 11.8 Å². The molecule has 2 aromatic carbocycles. The number of ether oxygens (including phenoxy) is 3. The molecule has 0 radical (unpaired) electrons. The number of benzene rings is 2. The van der Waals surface area contributed by atoms with Crippen LogP contribution in [0.2, 0.25) is 0 Å². The van der Waals surface area contributed by atoms with Crippen LogP contribution in [0.5, 0.6) is 11.5 Å². The molecule has 0 fully saturated rings. The Kier molecular flexibility index (Phi) is 5.07. The minimum Gasteiger partial charge on any atom is -0.460 e. The lowest BCUT2D eigenvalue weighted by Crippen LogP contribution is -2.07. The fraction of sp³-hybridized carbons (Fsp3) is 0.188. The Morgan fingerprint density at radius 2 is 2.00 bits per heavy atom. The van der Waals surface area contributed by atoms with E-state index in [-0.39, 0.29) is 25.0 Å². The molecule has 23 heavy (non-hydrogen) atoms. The molecule has 3 rings (SSSR count). The molecular formula is C16H12BrFO4S. The average molecular weight is 399 g/mol. The highest BCUT2D eigenvalue weighted by Gasteiger charge is 2.17. The lowest BCUT2D eigenvalue weighted by molar-refractivity contribution is -0.141. The van der Waals surface area contributed by atoms with Crippen LogP contribution >= 0.6 is 27.7 Å². The normalized spacial score (nSPS) is 12.3. The van der Waals surface area contributed by atoms with Gasteiger partial charge in [-0.05, 0) is 24.3 Å². The largest absolute Gasteiger partial charge is 0.460 e. The highest BCUT2D eigenvalue weighted by molar-refractivity contribution is 9.10. The van der Waals surface area contributed by atoms with Gasteiger partial charge in [0, 0.05) is 14.9 Å². The van der Waals surface area contributed by atoms with Crippen molar-refractivity contribution in [2.24, 2.45) is 0 Å². The van der Waals surface area contributed by atoms with Crippen LogP contribution < -0.4 is 9.47 Å². The molecule has 7 heteroatoms. The van der Waals surface area contributed by atoms with Crippen molar-refractivity contribution >= 4 is 33.7 Å². The van der Waals surface area contributed by atoms with E-state index in [0.717, 1.165) is 21.8 Å². The topological polar surface area (TPSA) is 44.8 Å². The molecule has 0 saturated heterocycles. The van der Waals surface area contributed by atoms with Gasteiger partial charge in [-0.3, -0.25) is 4.79 Å². The molecular weight excluding hydrogens is 387 g/mol. The second kappa shape index (κ2) is 7.23. The first kappa shape index (κ1) is 16.1. The first-order chi connectivity index (χ1) is 11.1. The van der Waals surface area contributed by atoms with E-state index in [0.29, 0.717) is 16.4 Å². The summed E-state index contributed by atoms with van der Waals surface area (Å²) >= 11 is 4.51. The summed E-state index contributed by atoms with van der Waals surface area (Å²) in [6.45, 7) is 0.290. The Hall–Kier alpha value is -1.73. The van der Waals surface area contributed by atoms with E-state index < -0.39 is 5.97 Å². The molecule has 120 valence electrons. The summed E-state index contributed by atoms with van der Waals surface area (Å²) < 4.78 is 30.0. The maximum absolute atomic E-state index is 13.5. The number of esters is 1. The quantitative estimate of drug-likeness (QED) is 0.558. The molecule has 1 aliphatic rings. The fourth-order valence-electron chi connectivity index (χ4n) is 1.97. The number of fused-ring (bicyclic) bond motifs is 1. The minimum atomic E-state index is -0.414. The Balaban J connectivity index is 1.54. The molecule has 1 aliphatic heterocycles. The Morgan fingerprint density at radius 1 is 1.26 bits per heavy atom. The van der Waals surface area contributed by atoms with Crippen molar-refractivity contribution in [1.29, 1.82) is 0 Å². The number of carbonyl (C=O) groups is 1. The Morgan fingerprint density at radius 3 is 2.78 bits per heavy atom. The van der Waals surface area contributed by atoms with E-state index in [2.05, 4.69) is 15.9 Å². The van der Waals surface area contributed by atoms with Crippen molar-refractivity contribution in [3.8, 4) is 11.5 Å². The van der Waals surface area contributed by atoms with Gasteiger partial charge in [-0.1, -0.05) is 28.1 Å². The smallest absolute Gasteiger partial charge is 0.316 e. The summed E-state index contributed by atoms with van der Waals surface area (Å²) in [5, 5.41) is 0. The summed E-state index contributed by atoms with van der Waals surface area (Å²) in [7, 11) is 0. The first-order valence-electron chi connectivity index (χ1n) is 6.74. The van der Waals surface area contributed by atoms with E-state index in [4.69, 9.17) is 14.2 Å². The molecule has 0 aromatic heterocycles. The van der Waals surface area contributed by atoms with Crippen LogP contribution in [-0.4, -0.2) is 18.5 Å². The number of carbonyl (C=O) groups excluding carboxylic acids is 1. The number of halogens is 2. The molecule has 0 unspecified atom stereocenters. The number of hydrogen-bond donors (Lipinski definition) is 0. The van der Waals surface area contributed by atoms with Crippen LogP contribution in [0.4, 0.5) is 4.39 Å². The van der Waals surface area contributed by atoms with Crippen LogP contribution in [0.3, 0.4) is 0 Å². The van der Waals surface area contributed by atoms with Gasteiger partial charge in [0.15, 0.2) is 11.5 Å². The first-order valence-corrected chi connectivity index (χ1v) is 8.52. The standard InChI is InChI=1S/C16H12BrFO4S/c17-11-6-14-13(21-9-22-14)5-10(11)7-20-16(19)8-23-15-4-2-1-3-12(15)18/h1-6H,7-9H2. The predicted molar refractivity (Wildman–Crippen MR) is 87.2 cm³/mol. The molecule has 0 N–H and O–H groups in total. The molecule has 0 spiro atoms. The molecule has 1 heterocycles. The number of thioether (sulfide) groups is 1. The van der Waals surface area contributed by atoms with Gasteiger partial charge in [-0.25, -0.2) is 4.39 Å². The minimum absolute atomic E-state index is 0.0447. The van der Waals surface area contributed by atoms with Crippen molar-refractivity contribution in [3.63, 3.8) is 0 Å². The van der Waals surface area contributed by atoms with Crippen LogP contribution in [-0.2, 0) is 16.1 Å². The van der Waals surface area contributed by atoms with Gasteiger partial charge < -0.3 is 14.2 Å². The monoisotopic (exact) mass is 398 g/mol. The average Bonchev–Trinajstić information content (AvgIpc) is 2.99. The second-order valence-electron chi connectivity index (χ2n) is 4.68. The van der Waals surface area contributed by atoms with Crippen LogP contribution in [0.1, 0.15) is 5.56 Å². The van der Waals surface area contributed by atoms with Gasteiger partial charge in [0.2, 0.25) is 6.79 Å². The molecule has 0 amide bonds. The van der Waals surface area contributed by atoms with E-state index in [1.54, 1.807) is 30.3 Å². The summed E-state index contributed by atoms with van der Waals surface area (Å²) in [5.74, 6) is 0.567. The highest BCUT2D eigenvalue weighted by atomic mass is 79.9. The third-order valence-electron chi connectivity index (χ3n) is 3.11. The van der Waals surface area contributed by atoms with Gasteiger partial charge in [0.25, 0.3) is 0 Å². The molecule has 4 nitrogen and oxygen atoms in total. The van der Waals surface area contributed by atoms with E-state index in [1.165, 1.54) is 6.07 Å². The van der Waals surface area contributed by atoms with Crippen molar-refractivity contribution in [2.45, 2.75) is 11.5 Å². The lowest BCUT2D eigenvalue weighted by Gasteiger charge is -2.08. The summed E-state index contributed by atoms with van der Waals surface area (Å²) in [4.78, 5) is 12.2. The summed E-state index contributed by atoms with van der Waals surface area (Å²) in [6.07, 6.45) is 0. The van der Waals surface area contributed by atoms with Crippen LogP contribution in [0.15, 0.2) is 45.8 Å². The van der Waals surface area contributed by atoms with Crippen molar-refractivity contribution in [3.05, 3.63) is 52.3 Å². The summed E-state index contributed by atoms with van der Waals surface area (Å²) in [6, 6.07) is 9.86. The Labute approximate surface area is 145 Å². The van der Waals surface area contributed by atoms with Crippen molar-refractivity contribution in [1.82, 2.24) is 0 Å². The summed E-state index contributed by atoms with van der Waals surface area (Å²) in [5.41, 5.74) is 0.776. The van der Waals surface area contributed by atoms with Crippen LogP contribution in [0, 0.1) is 5.82 Å². The van der Waals surface area contributed by atoms with E-state index >= 15 is 0 Å². The van der Waals surface area contributed by atoms with Crippen molar-refractivity contribution in [2.75, 3.05) is 12.5 Å². The molecule has 0 aliphatic carbocycles. The zero-order chi connectivity index (χ0) is 16.2. The molecule has 2 aromatic rings. The van der Waals surface area contributed by atoms with Crippen LogP contribution in [0.25, 0.3) is 0 Å². The third kappa shape index (κ3) is 3.97. The second-order valence-corrected chi connectivity index (χ2v) is 6.55. The zero-order valence-electron chi connectivity index (χ0n) is 11.9. The Bertz CT molecular complexity index is 738. The number of rotatable bonds is 5. The maximum Gasteiger partial charge on any atom is 0.316 e. The zero-order valence-corrected chi connectivity index (χ0v) is 14.3. The van der Waals surface area contributed by atoms with Gasteiger partial charge in [0.1, 0.15) is 12.4 Å². The van der Waals surface area contributed by atoms with Gasteiger partial charge in [-0.2, -0.15) is 0 Å². The van der Waals surface area contributed by atoms with Gasteiger partial charge in [0.05, 0.1) is 5.75 Å². The van der Waals surface area contributed by atoms with E-state index in [1.807, 2.05) is 0 Å². The van der Waals surface area contributed by atoms with Crippen molar-refractivity contribution < 1.29 is 23.4 Å². The molecule has 0 bridgehead atoms. The third-order valence-corrected chi connectivity index (χ3v) is 4.87. The predicted octanol–water partition coefficient (Wildman–Crippen LogP) is 4.15. The number of hydrogen-bond acceptors (Lipinski definition) is 5. The lowest BCUT2D eigenvalue weighted by atomic mass is 10.2. The molecule has 0 saturated carbocycles. The SMILES string of the molecule is O=C(CSc1ccccc1F)OCc1cc2c(cc1Br)OCO2. The van der Waals surface area contributed by atoms with Gasteiger partial charge >= 0.3 is 5.97 Å². The molecule has 0 atom stereocenters. The van der Waals surface area contributed by atoms with E-state index in [9.17, 15) is 9.18 Å². The maximum atomic E-state index is 13.5. The highest BCUT2D eigenvalue weighted by Crippen LogP contribution is 2.37. The fourth-order valence-corrected chi connectivity index (χ4v) is 3.14.